The van der Waals surface area contributed by atoms with Gasteiger partial charge in [-0.25, -0.2) is 10.2 Å². The number of ether oxygens (including phenoxy) is 3. The molecule has 3 aromatic rings. The second-order valence-corrected chi connectivity index (χ2v) is 6.40. The van der Waals surface area contributed by atoms with E-state index in [4.69, 9.17) is 18.6 Å². The zero-order chi connectivity index (χ0) is 20.9. The average molecular weight is 406 g/mol. The van der Waals surface area contributed by atoms with Crippen LogP contribution in [0.5, 0.6) is 11.5 Å². The van der Waals surface area contributed by atoms with Crippen molar-refractivity contribution in [2.24, 2.45) is 5.10 Å². The van der Waals surface area contributed by atoms with Crippen molar-refractivity contribution in [1.82, 2.24) is 5.43 Å². The fourth-order valence-electron chi connectivity index (χ4n) is 3.00. The SMILES string of the molecule is COC(=O)c1ccccc1-c1ccc(/C=N/NC(=O)Cc2ccc3c(c2)OCO3)o1. The van der Waals surface area contributed by atoms with Crippen LogP contribution in [0.4, 0.5) is 0 Å². The van der Waals surface area contributed by atoms with Crippen LogP contribution in [-0.2, 0) is 16.0 Å². The number of methoxy groups -OCH3 is 1. The molecule has 2 heterocycles. The summed E-state index contributed by atoms with van der Waals surface area (Å²) in [5.74, 6) is 1.47. The number of rotatable bonds is 6. The van der Waals surface area contributed by atoms with E-state index < -0.39 is 5.97 Å². The van der Waals surface area contributed by atoms with Gasteiger partial charge in [0.1, 0.15) is 11.5 Å². The molecular formula is C22H18N2O6. The number of hydrogen-bond acceptors (Lipinski definition) is 7. The standard InChI is InChI=1S/C22H18N2O6/c1-27-22(26)17-5-3-2-4-16(17)18-9-7-15(30-18)12-23-24-21(25)11-14-6-8-19-20(10-14)29-13-28-19/h2-10,12H,11,13H2,1H3,(H,24,25)/b23-12+. The fourth-order valence-corrected chi connectivity index (χ4v) is 3.00. The number of nitrogens with one attached hydrogen (secondary N) is 1. The van der Waals surface area contributed by atoms with E-state index in [2.05, 4.69) is 10.5 Å². The molecule has 1 aliphatic rings. The predicted molar refractivity (Wildman–Crippen MR) is 107 cm³/mol. The molecule has 8 nitrogen and oxygen atoms in total. The first-order chi connectivity index (χ1) is 14.6. The lowest BCUT2D eigenvalue weighted by Crippen LogP contribution is -2.19. The Kier molecular flexibility index (Phi) is 5.47. The third-order valence-electron chi connectivity index (χ3n) is 4.41. The molecule has 0 radical (unpaired) electrons. The van der Waals surface area contributed by atoms with Crippen molar-refractivity contribution in [3.8, 4) is 22.8 Å². The monoisotopic (exact) mass is 406 g/mol. The second kappa shape index (κ2) is 8.52. The number of amides is 1. The summed E-state index contributed by atoms with van der Waals surface area (Å²) in [7, 11) is 1.32. The van der Waals surface area contributed by atoms with Crippen LogP contribution in [0.2, 0.25) is 0 Å². The summed E-state index contributed by atoms with van der Waals surface area (Å²) >= 11 is 0. The Labute approximate surface area is 172 Å². The first kappa shape index (κ1) is 19.3. The van der Waals surface area contributed by atoms with Crippen LogP contribution >= 0.6 is 0 Å². The van der Waals surface area contributed by atoms with Gasteiger partial charge < -0.3 is 18.6 Å². The van der Waals surface area contributed by atoms with E-state index in [9.17, 15) is 9.59 Å². The summed E-state index contributed by atoms with van der Waals surface area (Å²) in [6.07, 6.45) is 1.53. The number of esters is 1. The van der Waals surface area contributed by atoms with Crippen LogP contribution in [0.3, 0.4) is 0 Å². The van der Waals surface area contributed by atoms with Crippen LogP contribution in [-0.4, -0.2) is 32.0 Å². The molecule has 0 atom stereocenters. The number of nitrogens with zero attached hydrogens (tertiary/aromatic N) is 1. The summed E-state index contributed by atoms with van der Waals surface area (Å²) in [5.41, 5.74) is 4.25. The highest BCUT2D eigenvalue weighted by atomic mass is 16.7. The van der Waals surface area contributed by atoms with Gasteiger partial charge in [0.25, 0.3) is 0 Å². The molecule has 0 unspecified atom stereocenters. The van der Waals surface area contributed by atoms with Crippen LogP contribution in [0.25, 0.3) is 11.3 Å². The van der Waals surface area contributed by atoms with Crippen molar-refractivity contribution in [1.29, 1.82) is 0 Å². The maximum Gasteiger partial charge on any atom is 0.338 e. The molecule has 0 bridgehead atoms. The topological polar surface area (TPSA) is 99.4 Å². The minimum Gasteiger partial charge on any atom is -0.465 e. The third-order valence-corrected chi connectivity index (χ3v) is 4.41. The normalized spacial score (nSPS) is 12.2. The van der Waals surface area contributed by atoms with E-state index in [0.717, 1.165) is 5.56 Å². The molecule has 0 aliphatic carbocycles. The van der Waals surface area contributed by atoms with E-state index >= 15 is 0 Å². The summed E-state index contributed by atoms with van der Waals surface area (Å²) in [6.45, 7) is 0.185. The molecule has 8 heteroatoms. The molecule has 0 fully saturated rings. The zero-order valence-corrected chi connectivity index (χ0v) is 16.1. The van der Waals surface area contributed by atoms with Crippen LogP contribution in [0, 0.1) is 0 Å². The fraction of sp³-hybridized carbons (Fsp3) is 0.136. The maximum absolute atomic E-state index is 12.1. The smallest absolute Gasteiger partial charge is 0.338 e. The van der Waals surface area contributed by atoms with Crippen molar-refractivity contribution in [3.63, 3.8) is 0 Å². The maximum atomic E-state index is 12.1. The van der Waals surface area contributed by atoms with Crippen molar-refractivity contribution in [2.45, 2.75) is 6.42 Å². The van der Waals surface area contributed by atoms with Gasteiger partial charge in [-0.1, -0.05) is 24.3 Å². The number of carbonyl (C=O) groups excluding carboxylic acids is 2. The molecule has 0 saturated heterocycles. The minimum absolute atomic E-state index is 0.143. The Balaban J connectivity index is 1.38. The van der Waals surface area contributed by atoms with Gasteiger partial charge in [0, 0.05) is 5.56 Å². The highest BCUT2D eigenvalue weighted by Gasteiger charge is 2.16. The first-order valence-electron chi connectivity index (χ1n) is 9.12. The van der Waals surface area contributed by atoms with Crippen molar-refractivity contribution in [2.75, 3.05) is 13.9 Å². The number of hydrazone groups is 1. The zero-order valence-electron chi connectivity index (χ0n) is 16.1. The molecule has 1 amide bonds. The number of fused-ring (bicyclic) bond motifs is 1. The van der Waals surface area contributed by atoms with E-state index in [1.165, 1.54) is 13.3 Å². The van der Waals surface area contributed by atoms with Gasteiger partial charge in [0.2, 0.25) is 12.7 Å². The van der Waals surface area contributed by atoms with Crippen molar-refractivity contribution < 1.29 is 28.2 Å². The Morgan fingerprint density at radius 2 is 1.93 bits per heavy atom. The van der Waals surface area contributed by atoms with Gasteiger partial charge >= 0.3 is 5.97 Å². The predicted octanol–water partition coefficient (Wildman–Crippen LogP) is 3.15. The van der Waals surface area contributed by atoms with Gasteiger partial charge in [0.05, 0.1) is 25.3 Å². The molecular weight excluding hydrogens is 388 g/mol. The largest absolute Gasteiger partial charge is 0.465 e. The van der Waals surface area contributed by atoms with Gasteiger partial charge in [-0.3, -0.25) is 4.79 Å². The molecule has 0 saturated carbocycles. The number of hydrogen-bond donors (Lipinski definition) is 1. The summed E-state index contributed by atoms with van der Waals surface area (Å²) in [4.78, 5) is 24.0. The van der Waals surface area contributed by atoms with E-state index in [0.29, 0.717) is 34.1 Å². The minimum atomic E-state index is -0.451. The molecule has 2 aromatic carbocycles. The summed E-state index contributed by atoms with van der Waals surface area (Å²) < 4.78 is 21.1. The second-order valence-electron chi connectivity index (χ2n) is 6.40. The Morgan fingerprint density at radius 3 is 2.80 bits per heavy atom. The molecule has 0 spiro atoms. The van der Waals surface area contributed by atoms with Crippen LogP contribution < -0.4 is 14.9 Å². The van der Waals surface area contributed by atoms with Gasteiger partial charge in [-0.2, -0.15) is 5.10 Å². The Morgan fingerprint density at radius 1 is 1.10 bits per heavy atom. The van der Waals surface area contributed by atoms with Crippen molar-refractivity contribution in [3.05, 3.63) is 71.5 Å². The van der Waals surface area contributed by atoms with E-state index in [1.54, 1.807) is 54.6 Å². The first-order valence-corrected chi connectivity index (χ1v) is 9.12. The lowest BCUT2D eigenvalue weighted by Gasteiger charge is -2.04. The third kappa shape index (κ3) is 4.17. The highest BCUT2D eigenvalue weighted by Crippen LogP contribution is 2.32. The Bertz CT molecular complexity index is 1120. The number of benzene rings is 2. The highest BCUT2D eigenvalue weighted by molar-refractivity contribution is 5.96. The molecule has 152 valence electrons. The molecule has 30 heavy (non-hydrogen) atoms. The quantitative estimate of drug-likeness (QED) is 0.384. The molecule has 1 aliphatic heterocycles. The van der Waals surface area contributed by atoms with Crippen molar-refractivity contribution >= 4 is 18.1 Å². The molecule has 4 rings (SSSR count). The number of furan rings is 1. The summed E-state index contributed by atoms with van der Waals surface area (Å²) in [6, 6.07) is 15.7. The average Bonchev–Trinajstić information content (AvgIpc) is 3.42. The van der Waals surface area contributed by atoms with Crippen LogP contribution in [0.15, 0.2) is 64.1 Å². The van der Waals surface area contributed by atoms with Gasteiger partial charge in [0.15, 0.2) is 11.5 Å². The number of carbonyl (C=O) groups is 2. The van der Waals surface area contributed by atoms with E-state index in [1.807, 2.05) is 0 Å². The lowest BCUT2D eigenvalue weighted by molar-refractivity contribution is -0.120. The summed E-state index contributed by atoms with van der Waals surface area (Å²) in [5, 5.41) is 3.93. The van der Waals surface area contributed by atoms with Gasteiger partial charge in [-0.15, -0.1) is 0 Å². The lowest BCUT2D eigenvalue weighted by atomic mass is 10.1. The Hall–Kier alpha value is -4.07. The molecule has 1 N–H and O–H groups in total. The van der Waals surface area contributed by atoms with Crippen LogP contribution in [0.1, 0.15) is 21.7 Å². The van der Waals surface area contributed by atoms with Gasteiger partial charge in [-0.05, 0) is 35.9 Å². The van der Waals surface area contributed by atoms with E-state index in [-0.39, 0.29) is 19.1 Å². The molecule has 1 aromatic heterocycles.